The lowest BCUT2D eigenvalue weighted by Crippen LogP contribution is -2.12. The quantitative estimate of drug-likeness (QED) is 0.560. The normalized spacial score (nSPS) is 17.8. The van der Waals surface area contributed by atoms with E-state index in [-0.39, 0.29) is 17.9 Å². The molecule has 0 amide bonds. The Morgan fingerprint density at radius 2 is 1.84 bits per heavy atom. The first-order valence-electron chi connectivity index (χ1n) is 9.44. The predicted octanol–water partition coefficient (Wildman–Crippen LogP) is 5.27. The molecule has 0 fully saturated rings. The van der Waals surface area contributed by atoms with Crippen molar-refractivity contribution in [3.05, 3.63) is 28.8 Å². The zero-order valence-corrected chi connectivity index (χ0v) is 15.3. The van der Waals surface area contributed by atoms with Crippen molar-refractivity contribution in [2.24, 2.45) is 5.92 Å². The highest BCUT2D eigenvalue weighted by molar-refractivity contribution is 5.82. The molecule has 1 atom stereocenters. The molecule has 0 aromatic heterocycles. The summed E-state index contributed by atoms with van der Waals surface area (Å²) in [5.74, 6) is -0.254. The van der Waals surface area contributed by atoms with Gasteiger partial charge in [-0.05, 0) is 61.3 Å². The summed E-state index contributed by atoms with van der Waals surface area (Å²) in [7, 11) is 0. The molecule has 25 heavy (non-hydrogen) atoms. The summed E-state index contributed by atoms with van der Waals surface area (Å²) < 4.78 is 0. The molecule has 4 heteroatoms. The molecule has 3 N–H and O–H groups in total. The van der Waals surface area contributed by atoms with Crippen LogP contribution >= 0.6 is 0 Å². The number of aromatic hydroxyl groups is 2. The molecule has 0 saturated heterocycles. The largest absolute Gasteiger partial charge is 0.507 e. The molecule has 4 nitrogen and oxygen atoms in total. The van der Waals surface area contributed by atoms with Crippen LogP contribution in [0.1, 0.15) is 76.3 Å². The van der Waals surface area contributed by atoms with Gasteiger partial charge < -0.3 is 15.3 Å². The number of aliphatic carboxylic acids is 1. The van der Waals surface area contributed by atoms with Crippen molar-refractivity contribution in [2.45, 2.75) is 71.6 Å². The van der Waals surface area contributed by atoms with E-state index in [1.165, 1.54) is 0 Å². The summed E-state index contributed by atoms with van der Waals surface area (Å²) >= 11 is 0. The Hall–Kier alpha value is -1.97. The van der Waals surface area contributed by atoms with Gasteiger partial charge in [0, 0.05) is 0 Å². The second-order valence-electron chi connectivity index (χ2n) is 7.14. The number of carboxylic acid groups (broad SMARTS) is 1. The second-order valence-corrected chi connectivity index (χ2v) is 7.14. The number of rotatable bonds is 8. The van der Waals surface area contributed by atoms with Gasteiger partial charge in [0.15, 0.2) is 0 Å². The van der Waals surface area contributed by atoms with Crippen molar-refractivity contribution in [1.29, 1.82) is 0 Å². The molecule has 0 spiro atoms. The first-order chi connectivity index (χ1) is 12.0. The number of phenolic OH excluding ortho intramolecular Hbond substituents is 2. The van der Waals surface area contributed by atoms with E-state index in [9.17, 15) is 20.1 Å². The van der Waals surface area contributed by atoms with Crippen LogP contribution in [0.15, 0.2) is 17.7 Å². The highest BCUT2D eigenvalue weighted by atomic mass is 16.4. The Morgan fingerprint density at radius 1 is 1.16 bits per heavy atom. The Balaban J connectivity index is 2.38. The van der Waals surface area contributed by atoms with E-state index < -0.39 is 5.97 Å². The molecule has 1 aliphatic carbocycles. The van der Waals surface area contributed by atoms with Crippen molar-refractivity contribution in [3.63, 3.8) is 0 Å². The van der Waals surface area contributed by atoms with Gasteiger partial charge in [0.2, 0.25) is 0 Å². The molecule has 0 bridgehead atoms. The maximum atomic E-state index is 11.2. The lowest BCUT2D eigenvalue weighted by molar-refractivity contribution is -0.136. The molecule has 0 heterocycles. The minimum atomic E-state index is -0.863. The number of allylic oxidation sites excluding steroid dienone is 1. The molecular formula is C21H30O4. The van der Waals surface area contributed by atoms with Gasteiger partial charge in [0.05, 0.1) is 12.0 Å². The van der Waals surface area contributed by atoms with Crippen LogP contribution in [-0.4, -0.2) is 21.3 Å². The fraction of sp³-hybridized carbons (Fsp3) is 0.571. The van der Waals surface area contributed by atoms with E-state index in [2.05, 4.69) is 13.8 Å². The number of carbonyl (C=O) groups is 1. The molecule has 0 radical (unpaired) electrons. The summed E-state index contributed by atoms with van der Waals surface area (Å²) in [5.41, 5.74) is 3.03. The second kappa shape index (κ2) is 8.93. The van der Waals surface area contributed by atoms with Crippen LogP contribution in [0.4, 0.5) is 0 Å². The van der Waals surface area contributed by atoms with Crippen LogP contribution in [0.25, 0.3) is 5.57 Å². The fourth-order valence-corrected chi connectivity index (χ4v) is 3.77. The van der Waals surface area contributed by atoms with E-state index >= 15 is 0 Å². The number of aryl methyl sites for hydroxylation is 1. The Morgan fingerprint density at radius 3 is 2.40 bits per heavy atom. The summed E-state index contributed by atoms with van der Waals surface area (Å²) in [5, 5.41) is 30.3. The van der Waals surface area contributed by atoms with Crippen molar-refractivity contribution in [3.8, 4) is 11.5 Å². The van der Waals surface area contributed by atoms with Gasteiger partial charge in [-0.3, -0.25) is 4.79 Å². The monoisotopic (exact) mass is 346 g/mol. The van der Waals surface area contributed by atoms with Gasteiger partial charge in [-0.1, -0.05) is 38.7 Å². The average molecular weight is 346 g/mol. The van der Waals surface area contributed by atoms with Gasteiger partial charge in [0.1, 0.15) is 11.5 Å². The maximum Gasteiger partial charge on any atom is 0.307 e. The number of phenols is 2. The maximum absolute atomic E-state index is 11.2. The smallest absolute Gasteiger partial charge is 0.307 e. The number of unbranched alkanes of at least 4 members (excludes halogenated alkanes) is 2. The van der Waals surface area contributed by atoms with Crippen molar-refractivity contribution >= 4 is 11.5 Å². The van der Waals surface area contributed by atoms with Crippen LogP contribution in [0.3, 0.4) is 0 Å². The summed E-state index contributed by atoms with van der Waals surface area (Å²) in [6, 6.07) is 3.46. The molecular weight excluding hydrogens is 316 g/mol. The highest BCUT2D eigenvalue weighted by Crippen LogP contribution is 2.45. The number of hydrogen-bond donors (Lipinski definition) is 3. The highest BCUT2D eigenvalue weighted by Gasteiger charge is 2.26. The molecule has 2 rings (SSSR count). The lowest BCUT2D eigenvalue weighted by atomic mass is 9.78. The number of benzene rings is 1. The molecule has 1 aliphatic rings. The molecule has 138 valence electrons. The zero-order chi connectivity index (χ0) is 18.4. The van der Waals surface area contributed by atoms with E-state index in [0.717, 1.165) is 68.1 Å². The third kappa shape index (κ3) is 5.00. The first kappa shape index (κ1) is 19.4. The predicted molar refractivity (Wildman–Crippen MR) is 99.8 cm³/mol. The van der Waals surface area contributed by atoms with Crippen LogP contribution in [0.5, 0.6) is 11.5 Å². The summed E-state index contributed by atoms with van der Waals surface area (Å²) in [6.07, 6.45) is 7.50. The third-order valence-corrected chi connectivity index (χ3v) is 5.24. The molecule has 1 unspecified atom stereocenters. The first-order valence-corrected chi connectivity index (χ1v) is 9.44. The Labute approximate surface area is 150 Å². The van der Waals surface area contributed by atoms with Gasteiger partial charge in [-0.2, -0.15) is 0 Å². The minimum absolute atomic E-state index is 0.0249. The van der Waals surface area contributed by atoms with Crippen LogP contribution in [-0.2, 0) is 11.2 Å². The van der Waals surface area contributed by atoms with Gasteiger partial charge >= 0.3 is 5.97 Å². The summed E-state index contributed by atoms with van der Waals surface area (Å²) in [4.78, 5) is 11.2. The Bertz CT molecular complexity index is 622. The third-order valence-electron chi connectivity index (χ3n) is 5.24. The van der Waals surface area contributed by atoms with Crippen molar-refractivity contribution in [1.82, 2.24) is 0 Å². The lowest BCUT2D eigenvalue weighted by Gasteiger charge is -2.27. The van der Waals surface area contributed by atoms with Crippen molar-refractivity contribution < 1.29 is 20.1 Å². The van der Waals surface area contributed by atoms with Gasteiger partial charge in [-0.15, -0.1) is 0 Å². The SMILES string of the molecule is CCCCCc1cc(O)c(C2=C(CC(=O)O)CCC(CC)C2)c(O)c1. The topological polar surface area (TPSA) is 77.8 Å². The minimum Gasteiger partial charge on any atom is -0.507 e. The van der Waals surface area contributed by atoms with E-state index in [1.807, 2.05) is 0 Å². The molecule has 0 aliphatic heterocycles. The number of carboxylic acids is 1. The number of hydrogen-bond acceptors (Lipinski definition) is 3. The van der Waals surface area contributed by atoms with E-state index in [0.29, 0.717) is 11.5 Å². The van der Waals surface area contributed by atoms with Crippen LogP contribution in [0.2, 0.25) is 0 Å². The van der Waals surface area contributed by atoms with Crippen LogP contribution < -0.4 is 0 Å². The van der Waals surface area contributed by atoms with E-state index in [4.69, 9.17) is 0 Å². The van der Waals surface area contributed by atoms with Crippen LogP contribution in [0, 0.1) is 5.92 Å². The van der Waals surface area contributed by atoms with Crippen molar-refractivity contribution in [2.75, 3.05) is 0 Å². The fourth-order valence-electron chi connectivity index (χ4n) is 3.77. The van der Waals surface area contributed by atoms with Gasteiger partial charge in [-0.25, -0.2) is 0 Å². The molecule has 1 aromatic rings. The average Bonchev–Trinajstić information content (AvgIpc) is 2.55. The standard InChI is InChI=1S/C21H30O4/c1-3-5-6-7-15-11-18(22)21(19(23)12-15)17-10-14(4-2)8-9-16(17)13-20(24)25/h11-12,14,22-23H,3-10,13H2,1-2H3,(H,24,25). The summed E-state index contributed by atoms with van der Waals surface area (Å²) in [6.45, 7) is 4.27. The molecule has 1 aromatic carbocycles. The zero-order valence-electron chi connectivity index (χ0n) is 15.3. The molecule has 0 saturated carbocycles. The van der Waals surface area contributed by atoms with Gasteiger partial charge in [0.25, 0.3) is 0 Å². The van der Waals surface area contributed by atoms with E-state index in [1.54, 1.807) is 12.1 Å². The Kier molecular flexibility index (Phi) is 6.91.